The summed E-state index contributed by atoms with van der Waals surface area (Å²) in [5.74, 6) is 0.383. The molecular formula is C14H22N6O. The van der Waals surface area contributed by atoms with Crippen LogP contribution in [0.3, 0.4) is 0 Å². The topological polar surface area (TPSA) is 92.5 Å². The lowest BCUT2D eigenvalue weighted by Gasteiger charge is -2.37. The lowest BCUT2D eigenvalue weighted by Crippen LogP contribution is -2.54. The fourth-order valence-corrected chi connectivity index (χ4v) is 2.10. The van der Waals surface area contributed by atoms with Crippen LogP contribution in [0.2, 0.25) is 0 Å². The van der Waals surface area contributed by atoms with Gasteiger partial charge < -0.3 is 16.4 Å². The van der Waals surface area contributed by atoms with Gasteiger partial charge in [-0.05, 0) is 26.0 Å². The van der Waals surface area contributed by atoms with Gasteiger partial charge in [-0.2, -0.15) is 10.1 Å². The molecule has 0 aliphatic carbocycles. The molecule has 0 unspecified atom stereocenters. The second-order valence-corrected chi connectivity index (χ2v) is 5.32. The fourth-order valence-electron chi connectivity index (χ4n) is 2.10. The molecule has 4 N–H and O–H groups in total. The Kier molecular flexibility index (Phi) is 4.32. The van der Waals surface area contributed by atoms with E-state index in [2.05, 4.69) is 14.9 Å². The second-order valence-electron chi connectivity index (χ2n) is 5.32. The smallest absolute Gasteiger partial charge is 0.226 e. The van der Waals surface area contributed by atoms with Crippen LogP contribution in [0.5, 0.6) is 0 Å². The number of aliphatic imine (C=N–C) groups is 2. The largest absolute Gasteiger partial charge is 0.372 e. The van der Waals surface area contributed by atoms with Gasteiger partial charge in [0.1, 0.15) is 0 Å². The molecule has 0 atom stereocenters. The summed E-state index contributed by atoms with van der Waals surface area (Å²) in [4.78, 5) is 16.0. The molecule has 1 aromatic carbocycles. The SMILES string of the molecule is CN(CCON1C(N)=NC(N)=NC1(C)C)c1ccccc1. The van der Waals surface area contributed by atoms with E-state index in [0.29, 0.717) is 13.2 Å². The third-order valence-corrected chi connectivity index (χ3v) is 3.17. The molecule has 2 rings (SSSR count). The van der Waals surface area contributed by atoms with Gasteiger partial charge in [0, 0.05) is 19.3 Å². The average Bonchev–Trinajstić information content (AvgIpc) is 2.41. The van der Waals surface area contributed by atoms with Crippen molar-refractivity contribution in [3.63, 3.8) is 0 Å². The number of hydroxylamine groups is 2. The van der Waals surface area contributed by atoms with E-state index in [1.807, 2.05) is 51.2 Å². The molecule has 1 aromatic rings. The minimum absolute atomic E-state index is 0.166. The van der Waals surface area contributed by atoms with Crippen molar-refractivity contribution >= 4 is 17.6 Å². The third kappa shape index (κ3) is 3.63. The Hall–Kier alpha value is -2.28. The number of nitrogens with zero attached hydrogens (tertiary/aromatic N) is 4. The Bertz CT molecular complexity index is 540. The van der Waals surface area contributed by atoms with Crippen LogP contribution in [0, 0.1) is 0 Å². The van der Waals surface area contributed by atoms with Gasteiger partial charge in [-0.25, -0.2) is 4.99 Å². The molecule has 114 valence electrons. The number of hydrogen-bond donors (Lipinski definition) is 2. The van der Waals surface area contributed by atoms with Gasteiger partial charge in [-0.1, -0.05) is 18.2 Å². The van der Waals surface area contributed by atoms with Gasteiger partial charge in [-0.3, -0.25) is 4.84 Å². The Morgan fingerprint density at radius 3 is 2.52 bits per heavy atom. The van der Waals surface area contributed by atoms with Crippen molar-refractivity contribution < 1.29 is 4.84 Å². The predicted octanol–water partition coefficient (Wildman–Crippen LogP) is 0.736. The predicted molar refractivity (Wildman–Crippen MR) is 84.8 cm³/mol. The molecular weight excluding hydrogens is 268 g/mol. The van der Waals surface area contributed by atoms with Gasteiger partial charge in [0.25, 0.3) is 0 Å². The highest BCUT2D eigenvalue weighted by molar-refractivity contribution is 5.95. The van der Waals surface area contributed by atoms with Crippen molar-refractivity contribution in [1.82, 2.24) is 5.06 Å². The summed E-state index contributed by atoms with van der Waals surface area (Å²) in [7, 11) is 2.01. The van der Waals surface area contributed by atoms with Crippen molar-refractivity contribution in [2.75, 3.05) is 25.1 Å². The maximum absolute atomic E-state index is 5.85. The molecule has 21 heavy (non-hydrogen) atoms. The fraction of sp³-hybridized carbons (Fsp3) is 0.429. The standard InChI is InChI=1S/C14H22N6O/c1-14(2)18-12(15)17-13(16)20(14)21-10-9-19(3)11-7-5-4-6-8-11/h4-8H,9-10H2,1-3H3,(H4,15,16,17,18). The van der Waals surface area contributed by atoms with Crippen LogP contribution in [0.15, 0.2) is 40.3 Å². The van der Waals surface area contributed by atoms with Crippen molar-refractivity contribution in [3.05, 3.63) is 30.3 Å². The Morgan fingerprint density at radius 1 is 1.24 bits per heavy atom. The van der Waals surface area contributed by atoms with E-state index in [1.165, 1.54) is 5.06 Å². The van der Waals surface area contributed by atoms with E-state index >= 15 is 0 Å². The van der Waals surface area contributed by atoms with E-state index in [-0.39, 0.29) is 11.9 Å². The average molecular weight is 290 g/mol. The van der Waals surface area contributed by atoms with Crippen LogP contribution >= 0.6 is 0 Å². The summed E-state index contributed by atoms with van der Waals surface area (Å²) in [6.45, 7) is 4.90. The van der Waals surface area contributed by atoms with E-state index in [1.54, 1.807) is 0 Å². The van der Waals surface area contributed by atoms with Crippen molar-refractivity contribution in [1.29, 1.82) is 0 Å². The molecule has 1 aliphatic heterocycles. The molecule has 0 aromatic heterocycles. The normalized spacial score (nSPS) is 17.2. The van der Waals surface area contributed by atoms with Crippen LogP contribution in [0.1, 0.15) is 13.8 Å². The van der Waals surface area contributed by atoms with Gasteiger partial charge in [-0.15, -0.1) is 0 Å². The summed E-state index contributed by atoms with van der Waals surface area (Å²) in [5.41, 5.74) is 11.9. The lowest BCUT2D eigenvalue weighted by atomic mass is 10.2. The van der Waals surface area contributed by atoms with Gasteiger partial charge in [0.2, 0.25) is 11.9 Å². The minimum Gasteiger partial charge on any atom is -0.372 e. The van der Waals surface area contributed by atoms with Crippen LogP contribution in [0.25, 0.3) is 0 Å². The highest BCUT2D eigenvalue weighted by atomic mass is 16.7. The maximum Gasteiger partial charge on any atom is 0.226 e. The molecule has 1 aliphatic rings. The molecule has 7 heteroatoms. The van der Waals surface area contributed by atoms with Gasteiger partial charge in [0.15, 0.2) is 5.66 Å². The summed E-state index contributed by atoms with van der Waals surface area (Å²) in [5, 5.41) is 1.49. The Labute approximate surface area is 124 Å². The van der Waals surface area contributed by atoms with Crippen LogP contribution < -0.4 is 16.4 Å². The number of likely N-dealkylation sites (N-methyl/N-ethyl adjacent to an activating group) is 1. The highest BCUT2D eigenvalue weighted by Gasteiger charge is 2.33. The summed E-state index contributed by atoms with van der Waals surface area (Å²) < 4.78 is 0. The second kappa shape index (κ2) is 6.01. The number of nitrogens with two attached hydrogens (primary N) is 2. The zero-order chi connectivity index (χ0) is 15.5. The molecule has 7 nitrogen and oxygen atoms in total. The highest BCUT2D eigenvalue weighted by Crippen LogP contribution is 2.19. The summed E-state index contributed by atoms with van der Waals surface area (Å²) in [6.07, 6.45) is 0. The van der Waals surface area contributed by atoms with E-state index in [4.69, 9.17) is 16.3 Å². The maximum atomic E-state index is 5.85. The first-order valence-electron chi connectivity index (χ1n) is 6.79. The first kappa shape index (κ1) is 15.1. The first-order valence-corrected chi connectivity index (χ1v) is 6.79. The van der Waals surface area contributed by atoms with Crippen molar-refractivity contribution in [2.45, 2.75) is 19.5 Å². The molecule has 0 fully saturated rings. The minimum atomic E-state index is -0.665. The van der Waals surface area contributed by atoms with Crippen LogP contribution in [-0.2, 0) is 4.84 Å². The summed E-state index contributed by atoms with van der Waals surface area (Å²) >= 11 is 0. The number of benzene rings is 1. The monoisotopic (exact) mass is 290 g/mol. The van der Waals surface area contributed by atoms with E-state index in [0.717, 1.165) is 5.69 Å². The number of hydrogen-bond acceptors (Lipinski definition) is 7. The van der Waals surface area contributed by atoms with Crippen LogP contribution in [-0.4, -0.2) is 42.8 Å². The van der Waals surface area contributed by atoms with Gasteiger partial charge in [0.05, 0.1) is 6.61 Å². The third-order valence-electron chi connectivity index (χ3n) is 3.17. The zero-order valence-electron chi connectivity index (χ0n) is 12.7. The molecule has 0 saturated carbocycles. The van der Waals surface area contributed by atoms with E-state index in [9.17, 15) is 0 Å². The van der Waals surface area contributed by atoms with Crippen molar-refractivity contribution in [3.8, 4) is 0 Å². The quantitative estimate of drug-likeness (QED) is 0.834. The van der Waals surface area contributed by atoms with E-state index < -0.39 is 5.66 Å². The molecule has 0 bridgehead atoms. The molecule has 0 amide bonds. The zero-order valence-corrected chi connectivity index (χ0v) is 12.7. The molecule has 0 saturated heterocycles. The Balaban J connectivity index is 1.90. The summed E-state index contributed by atoms with van der Waals surface area (Å²) in [6, 6.07) is 10.1. The van der Waals surface area contributed by atoms with Crippen molar-refractivity contribution in [2.24, 2.45) is 21.5 Å². The molecule has 1 heterocycles. The van der Waals surface area contributed by atoms with Gasteiger partial charge >= 0.3 is 0 Å². The number of rotatable bonds is 5. The lowest BCUT2D eigenvalue weighted by molar-refractivity contribution is -0.154. The molecule has 0 spiro atoms. The molecule has 0 radical (unpaired) electrons. The Morgan fingerprint density at radius 2 is 1.90 bits per heavy atom. The van der Waals surface area contributed by atoms with Crippen LogP contribution in [0.4, 0.5) is 5.69 Å². The number of anilines is 1. The first-order chi connectivity index (χ1) is 9.90. The number of para-hydroxylation sites is 1. The number of guanidine groups is 2.